The zero-order valence-electron chi connectivity index (χ0n) is 7.01. The van der Waals surface area contributed by atoms with Gasteiger partial charge in [0.15, 0.2) is 0 Å². The van der Waals surface area contributed by atoms with Crippen LogP contribution >= 0.6 is 11.5 Å². The molecule has 0 saturated heterocycles. The molecule has 3 heteroatoms. The highest BCUT2D eigenvalue weighted by Gasteiger charge is 1.95. The van der Waals surface area contributed by atoms with Crippen LogP contribution in [0.4, 0.5) is 0 Å². The van der Waals surface area contributed by atoms with Crippen molar-refractivity contribution < 1.29 is 4.74 Å². The maximum Gasteiger partial charge on any atom is 0.225 e. The van der Waals surface area contributed by atoms with Crippen molar-refractivity contribution in [2.45, 2.75) is 6.61 Å². The van der Waals surface area contributed by atoms with Gasteiger partial charge in [-0.1, -0.05) is 30.3 Å². The molecule has 0 saturated carbocycles. The van der Waals surface area contributed by atoms with E-state index in [2.05, 4.69) is 4.37 Å². The van der Waals surface area contributed by atoms with Crippen molar-refractivity contribution in [2.24, 2.45) is 0 Å². The fourth-order valence-corrected chi connectivity index (χ4v) is 1.46. The molecule has 2 aromatic rings. The Hall–Kier alpha value is -1.35. The molecule has 1 aromatic heterocycles. The van der Waals surface area contributed by atoms with E-state index in [1.807, 2.05) is 41.8 Å². The molecule has 2 nitrogen and oxygen atoms in total. The molecule has 0 radical (unpaired) electrons. The Labute approximate surface area is 81.0 Å². The standard InChI is InChI=1S/C10H9NOS/c1-2-4-9(5-3-1)8-12-10-6-7-13-11-10/h1-7H,8H2. The molecule has 0 aliphatic rings. The second kappa shape index (κ2) is 4.05. The SMILES string of the molecule is c1ccc(COc2ccsn2)cc1. The number of aromatic nitrogens is 1. The molecular weight excluding hydrogens is 182 g/mol. The van der Waals surface area contributed by atoms with E-state index >= 15 is 0 Å². The van der Waals surface area contributed by atoms with E-state index in [4.69, 9.17) is 4.74 Å². The van der Waals surface area contributed by atoms with Gasteiger partial charge in [-0.15, -0.1) is 0 Å². The molecular formula is C10H9NOS. The molecule has 0 N–H and O–H groups in total. The lowest BCUT2D eigenvalue weighted by molar-refractivity contribution is 0.297. The molecule has 0 fully saturated rings. The third kappa shape index (κ3) is 2.29. The van der Waals surface area contributed by atoms with Crippen molar-refractivity contribution in [1.29, 1.82) is 0 Å². The van der Waals surface area contributed by atoms with Crippen LogP contribution in [0.3, 0.4) is 0 Å². The minimum absolute atomic E-state index is 0.588. The van der Waals surface area contributed by atoms with Crippen LogP contribution in [-0.2, 0) is 6.61 Å². The molecule has 0 aliphatic carbocycles. The van der Waals surface area contributed by atoms with Gasteiger partial charge in [-0.05, 0) is 17.1 Å². The second-order valence-corrected chi connectivity index (χ2v) is 3.28. The van der Waals surface area contributed by atoms with Gasteiger partial charge in [0.05, 0.1) is 0 Å². The van der Waals surface area contributed by atoms with Crippen LogP contribution in [0.1, 0.15) is 5.56 Å². The van der Waals surface area contributed by atoms with Crippen LogP contribution in [0.5, 0.6) is 5.88 Å². The Morgan fingerprint density at radius 1 is 1.15 bits per heavy atom. The maximum atomic E-state index is 5.43. The molecule has 0 aliphatic heterocycles. The van der Waals surface area contributed by atoms with Crippen LogP contribution in [0.2, 0.25) is 0 Å². The van der Waals surface area contributed by atoms with Gasteiger partial charge in [0, 0.05) is 11.4 Å². The number of benzene rings is 1. The van der Waals surface area contributed by atoms with Crippen molar-refractivity contribution >= 4 is 11.5 Å². The zero-order valence-corrected chi connectivity index (χ0v) is 7.83. The molecule has 0 bridgehead atoms. The molecule has 66 valence electrons. The third-order valence-corrected chi connectivity index (χ3v) is 2.19. The minimum atomic E-state index is 0.588. The van der Waals surface area contributed by atoms with E-state index in [-0.39, 0.29) is 0 Å². The van der Waals surface area contributed by atoms with Crippen LogP contribution in [0, 0.1) is 0 Å². The Balaban J connectivity index is 1.94. The molecule has 13 heavy (non-hydrogen) atoms. The highest BCUT2D eigenvalue weighted by molar-refractivity contribution is 7.03. The topological polar surface area (TPSA) is 22.1 Å². The van der Waals surface area contributed by atoms with Gasteiger partial charge in [-0.2, -0.15) is 4.37 Å². The maximum absolute atomic E-state index is 5.43. The minimum Gasteiger partial charge on any atom is -0.472 e. The highest BCUT2D eigenvalue weighted by atomic mass is 32.1. The second-order valence-electron chi connectivity index (χ2n) is 2.61. The number of hydrogen-bond donors (Lipinski definition) is 0. The Kier molecular flexibility index (Phi) is 2.57. The number of nitrogens with zero attached hydrogens (tertiary/aromatic N) is 1. The van der Waals surface area contributed by atoms with E-state index in [0.29, 0.717) is 12.5 Å². The summed E-state index contributed by atoms with van der Waals surface area (Å²) in [6.07, 6.45) is 0. The average molecular weight is 191 g/mol. The van der Waals surface area contributed by atoms with Crippen molar-refractivity contribution in [3.63, 3.8) is 0 Å². The molecule has 0 atom stereocenters. The van der Waals surface area contributed by atoms with Crippen molar-refractivity contribution in [2.75, 3.05) is 0 Å². The predicted molar refractivity (Wildman–Crippen MR) is 52.9 cm³/mol. The number of rotatable bonds is 3. The smallest absolute Gasteiger partial charge is 0.225 e. The van der Waals surface area contributed by atoms with Crippen molar-refractivity contribution in [1.82, 2.24) is 4.37 Å². The average Bonchev–Trinajstić information content (AvgIpc) is 2.69. The zero-order chi connectivity index (χ0) is 8.93. The van der Waals surface area contributed by atoms with Gasteiger partial charge in [0.25, 0.3) is 0 Å². The number of ether oxygens (including phenoxy) is 1. The first kappa shape index (κ1) is 8.26. The summed E-state index contributed by atoms with van der Waals surface area (Å²) < 4.78 is 9.48. The van der Waals surface area contributed by atoms with Crippen LogP contribution in [0.25, 0.3) is 0 Å². The Bertz CT molecular complexity index is 344. The summed E-state index contributed by atoms with van der Waals surface area (Å²) >= 11 is 1.40. The summed E-state index contributed by atoms with van der Waals surface area (Å²) in [6, 6.07) is 11.9. The summed E-state index contributed by atoms with van der Waals surface area (Å²) in [4.78, 5) is 0. The van der Waals surface area contributed by atoms with Gasteiger partial charge >= 0.3 is 0 Å². The predicted octanol–water partition coefficient (Wildman–Crippen LogP) is 2.72. The van der Waals surface area contributed by atoms with Gasteiger partial charge in [0.1, 0.15) is 6.61 Å². The van der Waals surface area contributed by atoms with Gasteiger partial charge < -0.3 is 4.74 Å². The lowest BCUT2D eigenvalue weighted by Gasteiger charge is -2.01. The quantitative estimate of drug-likeness (QED) is 0.744. The third-order valence-electron chi connectivity index (χ3n) is 1.64. The molecule has 1 aromatic carbocycles. The molecule has 0 amide bonds. The summed E-state index contributed by atoms with van der Waals surface area (Å²) in [6.45, 7) is 0.588. The summed E-state index contributed by atoms with van der Waals surface area (Å²) in [5.41, 5.74) is 1.16. The van der Waals surface area contributed by atoms with Crippen molar-refractivity contribution in [3.8, 4) is 5.88 Å². The molecule has 0 spiro atoms. The van der Waals surface area contributed by atoms with E-state index in [1.54, 1.807) is 0 Å². The first-order valence-electron chi connectivity index (χ1n) is 4.02. The lowest BCUT2D eigenvalue weighted by Crippen LogP contribution is -1.94. The summed E-state index contributed by atoms with van der Waals surface area (Å²) in [5, 5.41) is 1.90. The van der Waals surface area contributed by atoms with Crippen LogP contribution < -0.4 is 4.74 Å². The highest BCUT2D eigenvalue weighted by Crippen LogP contribution is 2.11. The first-order valence-corrected chi connectivity index (χ1v) is 4.86. The molecule has 2 rings (SSSR count). The van der Waals surface area contributed by atoms with Crippen molar-refractivity contribution in [3.05, 3.63) is 47.3 Å². The fraction of sp³-hybridized carbons (Fsp3) is 0.100. The van der Waals surface area contributed by atoms with Crippen LogP contribution in [0.15, 0.2) is 41.8 Å². The van der Waals surface area contributed by atoms with Gasteiger partial charge in [-0.25, -0.2) is 0 Å². The first-order chi connectivity index (χ1) is 6.45. The van der Waals surface area contributed by atoms with E-state index in [1.165, 1.54) is 11.5 Å². The van der Waals surface area contributed by atoms with E-state index < -0.39 is 0 Å². The van der Waals surface area contributed by atoms with Crippen LogP contribution in [-0.4, -0.2) is 4.37 Å². The molecule has 0 unspecified atom stereocenters. The summed E-state index contributed by atoms with van der Waals surface area (Å²) in [5.74, 6) is 0.703. The van der Waals surface area contributed by atoms with Gasteiger partial charge in [0.2, 0.25) is 5.88 Å². The van der Waals surface area contributed by atoms with Gasteiger partial charge in [-0.3, -0.25) is 0 Å². The fourth-order valence-electron chi connectivity index (χ4n) is 1.01. The van der Waals surface area contributed by atoms with E-state index in [9.17, 15) is 0 Å². The number of hydrogen-bond acceptors (Lipinski definition) is 3. The largest absolute Gasteiger partial charge is 0.472 e. The monoisotopic (exact) mass is 191 g/mol. The van der Waals surface area contributed by atoms with E-state index in [0.717, 1.165) is 5.56 Å². The normalized spacial score (nSPS) is 9.85. The Morgan fingerprint density at radius 2 is 2.00 bits per heavy atom. The Morgan fingerprint density at radius 3 is 2.69 bits per heavy atom. The summed E-state index contributed by atoms with van der Waals surface area (Å²) in [7, 11) is 0. The lowest BCUT2D eigenvalue weighted by atomic mass is 10.2. The molecule has 1 heterocycles.